The van der Waals surface area contributed by atoms with Gasteiger partial charge >= 0.3 is 12.1 Å². The second-order valence-corrected chi connectivity index (χ2v) is 6.12. The van der Waals surface area contributed by atoms with Crippen LogP contribution in [0.2, 0.25) is 0 Å². The second-order valence-electron chi connectivity index (χ2n) is 6.12. The maximum absolute atomic E-state index is 12.2. The van der Waals surface area contributed by atoms with Crippen LogP contribution < -0.4 is 5.32 Å². The number of ether oxygens (including phenoxy) is 2. The molecular weight excluding hydrogens is 298 g/mol. The van der Waals surface area contributed by atoms with Crippen molar-refractivity contribution in [3.05, 3.63) is 35.9 Å². The number of carbonyl (C=O) groups excluding carboxylic acids is 3. The number of hydrogen-bond donors (Lipinski definition) is 1. The van der Waals surface area contributed by atoms with Crippen molar-refractivity contribution in [2.24, 2.45) is 0 Å². The van der Waals surface area contributed by atoms with Crippen molar-refractivity contribution in [3.8, 4) is 0 Å². The minimum atomic E-state index is -0.690. The Hall–Kier alpha value is -2.37. The average Bonchev–Trinajstić information content (AvgIpc) is 2.45. The van der Waals surface area contributed by atoms with Gasteiger partial charge in [-0.05, 0) is 20.8 Å². The van der Waals surface area contributed by atoms with Crippen LogP contribution in [0.15, 0.2) is 30.3 Å². The molecular formula is C17H23NO5. The summed E-state index contributed by atoms with van der Waals surface area (Å²) in [5, 5.41) is 2.56. The van der Waals surface area contributed by atoms with Crippen molar-refractivity contribution < 1.29 is 23.9 Å². The standard InChI is InChI=1S/C17H23NO5/c1-17(2,3)23-16(21)18-13(11-15(20)22-4)10-14(19)12-8-6-5-7-9-12/h5-9,13H,10-11H2,1-4H3,(H,18,21)/t13-/m1/s1. The molecule has 1 N–H and O–H groups in total. The van der Waals surface area contributed by atoms with Crippen molar-refractivity contribution in [2.75, 3.05) is 7.11 Å². The van der Waals surface area contributed by atoms with Crippen molar-refractivity contribution in [2.45, 2.75) is 45.3 Å². The number of amides is 1. The monoisotopic (exact) mass is 321 g/mol. The number of benzene rings is 1. The third-order valence-corrected chi connectivity index (χ3v) is 2.89. The van der Waals surface area contributed by atoms with Crippen LogP contribution in [0.4, 0.5) is 4.79 Å². The maximum atomic E-state index is 12.2. The lowest BCUT2D eigenvalue weighted by atomic mass is 10.0. The Morgan fingerprint density at radius 1 is 1.09 bits per heavy atom. The summed E-state index contributed by atoms with van der Waals surface area (Å²) in [5.41, 5.74) is -0.142. The fraction of sp³-hybridized carbons (Fsp3) is 0.471. The molecule has 0 fully saturated rings. The van der Waals surface area contributed by atoms with Gasteiger partial charge in [-0.15, -0.1) is 0 Å². The number of Topliss-reactive ketones (excluding diaryl/α,β-unsaturated/α-hetero) is 1. The summed E-state index contributed by atoms with van der Waals surface area (Å²) >= 11 is 0. The molecule has 0 aliphatic rings. The van der Waals surface area contributed by atoms with E-state index in [4.69, 9.17) is 4.74 Å². The lowest BCUT2D eigenvalue weighted by Crippen LogP contribution is -2.41. The number of esters is 1. The molecule has 23 heavy (non-hydrogen) atoms. The number of nitrogens with one attached hydrogen (secondary N) is 1. The van der Waals surface area contributed by atoms with E-state index in [1.54, 1.807) is 45.0 Å². The summed E-state index contributed by atoms with van der Waals surface area (Å²) in [4.78, 5) is 35.6. The molecule has 0 heterocycles. The molecule has 1 aromatic rings. The molecule has 126 valence electrons. The zero-order valence-electron chi connectivity index (χ0n) is 13.9. The van der Waals surface area contributed by atoms with Gasteiger partial charge in [0.2, 0.25) is 0 Å². The Morgan fingerprint density at radius 2 is 1.70 bits per heavy atom. The van der Waals surface area contributed by atoms with Crippen molar-refractivity contribution in [3.63, 3.8) is 0 Å². The largest absolute Gasteiger partial charge is 0.469 e. The molecule has 0 bridgehead atoms. The van der Waals surface area contributed by atoms with Gasteiger partial charge in [0.05, 0.1) is 13.5 Å². The van der Waals surface area contributed by atoms with Crippen LogP contribution in [-0.2, 0) is 14.3 Å². The molecule has 6 nitrogen and oxygen atoms in total. The van der Waals surface area contributed by atoms with Gasteiger partial charge in [-0.2, -0.15) is 0 Å². The highest BCUT2D eigenvalue weighted by Crippen LogP contribution is 2.11. The first-order valence-electron chi connectivity index (χ1n) is 7.36. The maximum Gasteiger partial charge on any atom is 0.407 e. The lowest BCUT2D eigenvalue weighted by molar-refractivity contribution is -0.141. The Kier molecular flexibility index (Phi) is 6.75. The number of ketones is 1. The van der Waals surface area contributed by atoms with E-state index in [0.29, 0.717) is 5.56 Å². The van der Waals surface area contributed by atoms with Crippen molar-refractivity contribution in [1.82, 2.24) is 5.32 Å². The zero-order valence-corrected chi connectivity index (χ0v) is 13.9. The number of rotatable bonds is 6. The van der Waals surface area contributed by atoms with Gasteiger partial charge in [0, 0.05) is 18.0 Å². The minimum absolute atomic E-state index is 0.0155. The van der Waals surface area contributed by atoms with Crippen LogP contribution in [0.5, 0.6) is 0 Å². The highest BCUT2D eigenvalue weighted by molar-refractivity contribution is 5.96. The van der Waals surface area contributed by atoms with Crippen molar-refractivity contribution in [1.29, 1.82) is 0 Å². The van der Waals surface area contributed by atoms with E-state index in [0.717, 1.165) is 0 Å². The molecule has 1 atom stereocenters. The first-order valence-corrected chi connectivity index (χ1v) is 7.36. The van der Waals surface area contributed by atoms with E-state index < -0.39 is 23.7 Å². The highest BCUT2D eigenvalue weighted by atomic mass is 16.6. The quantitative estimate of drug-likeness (QED) is 0.643. The minimum Gasteiger partial charge on any atom is -0.469 e. The Bertz CT molecular complexity index is 548. The molecule has 0 saturated carbocycles. The fourth-order valence-electron chi connectivity index (χ4n) is 1.90. The molecule has 0 saturated heterocycles. The van der Waals surface area contributed by atoms with Gasteiger partial charge in [0.15, 0.2) is 5.78 Å². The van der Waals surface area contributed by atoms with Gasteiger partial charge in [0.25, 0.3) is 0 Å². The van der Waals surface area contributed by atoms with Crippen LogP contribution in [-0.4, -0.2) is 36.6 Å². The van der Waals surface area contributed by atoms with E-state index in [9.17, 15) is 14.4 Å². The molecule has 1 rings (SSSR count). The molecule has 0 unspecified atom stereocenters. The SMILES string of the molecule is COC(=O)C[C@@H](CC(=O)c1ccccc1)NC(=O)OC(C)(C)C. The van der Waals surface area contributed by atoms with Gasteiger partial charge in [-0.3, -0.25) is 9.59 Å². The third kappa shape index (κ3) is 7.44. The summed E-state index contributed by atoms with van der Waals surface area (Å²) in [6.45, 7) is 5.20. The van der Waals surface area contributed by atoms with Gasteiger partial charge in [-0.1, -0.05) is 30.3 Å². The van der Waals surface area contributed by atoms with Crippen molar-refractivity contribution >= 4 is 17.8 Å². The van der Waals surface area contributed by atoms with E-state index in [1.807, 2.05) is 6.07 Å². The van der Waals surface area contributed by atoms with Gasteiger partial charge in [-0.25, -0.2) is 4.79 Å². The topological polar surface area (TPSA) is 81.7 Å². The molecule has 0 aliphatic heterocycles. The third-order valence-electron chi connectivity index (χ3n) is 2.89. The molecule has 6 heteroatoms. The Labute approximate surface area is 136 Å². The molecule has 0 aromatic heterocycles. The number of methoxy groups -OCH3 is 1. The number of carbonyl (C=O) groups is 3. The average molecular weight is 321 g/mol. The number of hydrogen-bond acceptors (Lipinski definition) is 5. The van der Waals surface area contributed by atoms with E-state index in [2.05, 4.69) is 10.1 Å². The lowest BCUT2D eigenvalue weighted by Gasteiger charge is -2.23. The molecule has 0 aliphatic carbocycles. The van der Waals surface area contributed by atoms with Crippen LogP contribution in [0.1, 0.15) is 44.0 Å². The van der Waals surface area contributed by atoms with E-state index in [-0.39, 0.29) is 18.6 Å². The molecule has 1 aromatic carbocycles. The summed E-state index contributed by atoms with van der Waals surface area (Å²) in [6, 6.07) is 8.00. The summed E-state index contributed by atoms with van der Waals surface area (Å²) < 4.78 is 9.77. The normalized spacial score (nSPS) is 12.2. The predicted molar refractivity (Wildman–Crippen MR) is 85.2 cm³/mol. The predicted octanol–water partition coefficient (Wildman–Crippen LogP) is 2.72. The second kappa shape index (κ2) is 8.31. The van der Waals surface area contributed by atoms with E-state index >= 15 is 0 Å². The summed E-state index contributed by atoms with van der Waals surface area (Å²) in [5.74, 6) is -0.678. The van der Waals surface area contributed by atoms with Crippen LogP contribution in [0.25, 0.3) is 0 Å². The van der Waals surface area contributed by atoms with Crippen LogP contribution in [0.3, 0.4) is 0 Å². The summed E-state index contributed by atoms with van der Waals surface area (Å²) in [7, 11) is 1.26. The Morgan fingerprint density at radius 3 is 2.22 bits per heavy atom. The zero-order chi connectivity index (χ0) is 17.5. The van der Waals surface area contributed by atoms with E-state index in [1.165, 1.54) is 7.11 Å². The first-order chi connectivity index (χ1) is 10.7. The molecule has 0 spiro atoms. The van der Waals surface area contributed by atoms with Crippen LogP contribution >= 0.6 is 0 Å². The van der Waals surface area contributed by atoms with Gasteiger partial charge < -0.3 is 14.8 Å². The molecule has 1 amide bonds. The first kappa shape index (κ1) is 18.7. The molecule has 0 radical (unpaired) electrons. The summed E-state index contributed by atoms with van der Waals surface area (Å²) in [6.07, 6.45) is -0.792. The van der Waals surface area contributed by atoms with Crippen LogP contribution in [0, 0.1) is 0 Å². The number of alkyl carbamates (subject to hydrolysis) is 1. The Balaban J connectivity index is 2.74. The fourth-order valence-corrected chi connectivity index (χ4v) is 1.90. The van der Waals surface area contributed by atoms with Gasteiger partial charge in [0.1, 0.15) is 5.60 Å². The highest BCUT2D eigenvalue weighted by Gasteiger charge is 2.24. The smallest absolute Gasteiger partial charge is 0.407 e.